The van der Waals surface area contributed by atoms with Gasteiger partial charge in [0.05, 0.1) is 12.1 Å². The summed E-state index contributed by atoms with van der Waals surface area (Å²) in [6.07, 6.45) is 9.07. The van der Waals surface area contributed by atoms with E-state index in [-0.39, 0.29) is 5.54 Å². The molecule has 1 aliphatic rings. The Hall–Kier alpha value is -1.16. The van der Waals surface area contributed by atoms with Crippen LogP contribution in [0.15, 0.2) is 12.3 Å². The van der Waals surface area contributed by atoms with Gasteiger partial charge in [0, 0.05) is 24.2 Å². The summed E-state index contributed by atoms with van der Waals surface area (Å²) in [6, 6.07) is 2.31. The quantitative estimate of drug-likeness (QED) is 0.869. The third-order valence-electron chi connectivity index (χ3n) is 4.45. The Balaban J connectivity index is 1.93. The molecule has 0 amide bonds. The summed E-state index contributed by atoms with van der Waals surface area (Å²) < 4.78 is 1.91. The van der Waals surface area contributed by atoms with Crippen LogP contribution in [0.2, 0.25) is 0 Å². The maximum Gasteiger partial charge on any atom is 0.140 e. The van der Waals surface area contributed by atoms with E-state index >= 15 is 0 Å². The first-order valence-electron chi connectivity index (χ1n) is 7.79. The molecule has 1 aromatic heterocycles. The Morgan fingerprint density at radius 2 is 2.10 bits per heavy atom. The summed E-state index contributed by atoms with van der Waals surface area (Å²) in [5.74, 6) is 0.301. The van der Waals surface area contributed by atoms with Crippen LogP contribution in [0.1, 0.15) is 64.1 Å². The van der Waals surface area contributed by atoms with Gasteiger partial charge in [0.2, 0.25) is 0 Å². The lowest BCUT2D eigenvalue weighted by Crippen LogP contribution is -2.46. The fourth-order valence-corrected chi connectivity index (χ4v) is 3.14. The van der Waals surface area contributed by atoms with Crippen LogP contribution >= 0.6 is 0 Å². The van der Waals surface area contributed by atoms with Crippen molar-refractivity contribution >= 4 is 5.78 Å². The molecule has 0 aromatic carbocycles. The van der Waals surface area contributed by atoms with Crippen LogP contribution in [0.5, 0.6) is 0 Å². The summed E-state index contributed by atoms with van der Waals surface area (Å²) in [5, 5.41) is 7.88. The molecule has 0 unspecified atom stereocenters. The van der Waals surface area contributed by atoms with Crippen molar-refractivity contribution < 1.29 is 4.79 Å². The zero-order chi connectivity index (χ0) is 14.6. The van der Waals surface area contributed by atoms with E-state index in [9.17, 15) is 4.79 Å². The molecule has 0 saturated heterocycles. The number of nitrogens with zero attached hydrogens (tertiary/aromatic N) is 2. The third-order valence-corrected chi connectivity index (χ3v) is 4.45. The van der Waals surface area contributed by atoms with Crippen LogP contribution in [-0.2, 0) is 11.2 Å². The first-order valence-corrected chi connectivity index (χ1v) is 7.79. The number of ketones is 1. The maximum atomic E-state index is 12.3. The van der Waals surface area contributed by atoms with E-state index in [1.807, 2.05) is 24.0 Å². The molecule has 4 nitrogen and oxygen atoms in total. The molecule has 0 radical (unpaired) electrons. The molecule has 0 bridgehead atoms. The molecule has 0 atom stereocenters. The molecular weight excluding hydrogens is 250 g/mol. The van der Waals surface area contributed by atoms with Crippen LogP contribution in [0.3, 0.4) is 0 Å². The monoisotopic (exact) mass is 277 g/mol. The summed E-state index contributed by atoms with van der Waals surface area (Å²) in [7, 11) is 1.99. The minimum Gasteiger partial charge on any atom is -0.314 e. The highest BCUT2D eigenvalue weighted by Crippen LogP contribution is 2.31. The lowest BCUT2D eigenvalue weighted by atomic mass is 9.78. The van der Waals surface area contributed by atoms with Gasteiger partial charge in [-0.05, 0) is 39.8 Å². The van der Waals surface area contributed by atoms with Crippen LogP contribution < -0.4 is 5.32 Å². The Labute approximate surface area is 121 Å². The highest BCUT2D eigenvalue weighted by atomic mass is 16.1. The van der Waals surface area contributed by atoms with Crippen molar-refractivity contribution in [1.82, 2.24) is 15.1 Å². The molecule has 1 saturated carbocycles. The van der Waals surface area contributed by atoms with E-state index in [0.717, 1.165) is 18.5 Å². The Kier molecular flexibility index (Phi) is 4.97. The maximum absolute atomic E-state index is 12.3. The molecule has 1 heterocycles. The smallest absolute Gasteiger partial charge is 0.140 e. The van der Waals surface area contributed by atoms with Crippen molar-refractivity contribution in [1.29, 1.82) is 0 Å². The number of carbonyl (C=O) groups is 1. The number of Topliss-reactive ketones (excluding diaryl/α,β-unsaturated/α-hetero) is 1. The second-order valence-electron chi connectivity index (χ2n) is 6.36. The molecule has 0 aliphatic heterocycles. The lowest BCUT2D eigenvalue weighted by Gasteiger charge is -2.36. The van der Waals surface area contributed by atoms with Crippen molar-refractivity contribution in [3.63, 3.8) is 0 Å². The lowest BCUT2D eigenvalue weighted by molar-refractivity contribution is -0.120. The number of nitrogens with one attached hydrogen (secondary N) is 1. The standard InChI is InChI=1S/C16H27N3O/c1-13(2)19-10-7-14(18-19)11-15(20)12-16(17-3)8-5-4-6-9-16/h7,10,13,17H,4-6,8-9,11-12H2,1-3H3. The fourth-order valence-electron chi connectivity index (χ4n) is 3.14. The molecule has 2 rings (SSSR count). The van der Waals surface area contributed by atoms with Gasteiger partial charge in [-0.2, -0.15) is 5.10 Å². The zero-order valence-electron chi connectivity index (χ0n) is 13.0. The average molecular weight is 277 g/mol. The predicted molar refractivity (Wildman–Crippen MR) is 80.8 cm³/mol. The Bertz CT molecular complexity index is 444. The van der Waals surface area contributed by atoms with Gasteiger partial charge in [-0.25, -0.2) is 0 Å². The van der Waals surface area contributed by atoms with Gasteiger partial charge in [-0.1, -0.05) is 19.3 Å². The molecular formula is C16H27N3O. The predicted octanol–water partition coefficient (Wildman–Crippen LogP) is 2.89. The number of carbonyl (C=O) groups excluding carboxylic acids is 1. The second-order valence-corrected chi connectivity index (χ2v) is 6.36. The van der Waals surface area contributed by atoms with Crippen LogP contribution in [0.4, 0.5) is 0 Å². The minimum absolute atomic E-state index is 0.0376. The topological polar surface area (TPSA) is 46.9 Å². The van der Waals surface area contributed by atoms with E-state index in [2.05, 4.69) is 24.3 Å². The van der Waals surface area contributed by atoms with Gasteiger partial charge in [0.15, 0.2) is 0 Å². The summed E-state index contributed by atoms with van der Waals surface area (Å²) in [6.45, 7) is 4.19. The minimum atomic E-state index is 0.0376. The molecule has 112 valence electrons. The first-order chi connectivity index (χ1) is 9.54. The highest BCUT2D eigenvalue weighted by molar-refractivity contribution is 5.81. The summed E-state index contributed by atoms with van der Waals surface area (Å²) in [4.78, 5) is 12.3. The molecule has 20 heavy (non-hydrogen) atoms. The van der Waals surface area contributed by atoms with Crippen LogP contribution in [-0.4, -0.2) is 28.2 Å². The molecule has 0 spiro atoms. The summed E-state index contributed by atoms with van der Waals surface area (Å²) in [5.41, 5.74) is 0.932. The first kappa shape index (κ1) is 15.2. The van der Waals surface area contributed by atoms with Crippen LogP contribution in [0, 0.1) is 0 Å². The molecule has 1 N–H and O–H groups in total. The molecule has 1 fully saturated rings. The average Bonchev–Trinajstić information content (AvgIpc) is 2.88. The van der Waals surface area contributed by atoms with Crippen molar-refractivity contribution in [3.05, 3.63) is 18.0 Å². The number of hydrogen-bond acceptors (Lipinski definition) is 3. The number of aromatic nitrogens is 2. The van der Waals surface area contributed by atoms with Gasteiger partial charge < -0.3 is 5.32 Å². The van der Waals surface area contributed by atoms with Crippen molar-refractivity contribution in [2.45, 2.75) is 70.4 Å². The van der Waals surface area contributed by atoms with Crippen molar-refractivity contribution in [2.24, 2.45) is 0 Å². The van der Waals surface area contributed by atoms with Gasteiger partial charge in [0.1, 0.15) is 5.78 Å². The summed E-state index contributed by atoms with van der Waals surface area (Å²) >= 11 is 0. The normalized spacial score (nSPS) is 18.4. The molecule has 4 heteroatoms. The number of hydrogen-bond donors (Lipinski definition) is 1. The van der Waals surface area contributed by atoms with Gasteiger partial charge in [-0.3, -0.25) is 9.48 Å². The SMILES string of the molecule is CNC1(CC(=O)Cc2ccn(C(C)C)n2)CCCCC1. The van der Waals surface area contributed by atoms with E-state index < -0.39 is 0 Å². The van der Waals surface area contributed by atoms with E-state index in [1.165, 1.54) is 19.3 Å². The number of rotatable bonds is 6. The van der Waals surface area contributed by atoms with Gasteiger partial charge in [0.25, 0.3) is 0 Å². The fraction of sp³-hybridized carbons (Fsp3) is 0.750. The highest BCUT2D eigenvalue weighted by Gasteiger charge is 2.32. The second kappa shape index (κ2) is 6.53. The largest absolute Gasteiger partial charge is 0.314 e. The zero-order valence-corrected chi connectivity index (χ0v) is 13.0. The third kappa shape index (κ3) is 3.69. The molecule has 1 aromatic rings. The van der Waals surface area contributed by atoms with E-state index in [4.69, 9.17) is 0 Å². The van der Waals surface area contributed by atoms with Gasteiger partial charge >= 0.3 is 0 Å². The van der Waals surface area contributed by atoms with Crippen molar-refractivity contribution in [2.75, 3.05) is 7.05 Å². The van der Waals surface area contributed by atoms with Crippen molar-refractivity contribution in [3.8, 4) is 0 Å². The van der Waals surface area contributed by atoms with E-state index in [1.54, 1.807) is 0 Å². The Morgan fingerprint density at radius 3 is 2.65 bits per heavy atom. The van der Waals surface area contributed by atoms with Crippen LogP contribution in [0.25, 0.3) is 0 Å². The molecule has 1 aliphatic carbocycles. The Morgan fingerprint density at radius 1 is 1.40 bits per heavy atom. The van der Waals surface area contributed by atoms with Gasteiger partial charge in [-0.15, -0.1) is 0 Å². The van der Waals surface area contributed by atoms with E-state index in [0.29, 0.717) is 24.7 Å².